The molecule has 0 heterocycles. The summed E-state index contributed by atoms with van der Waals surface area (Å²) in [6.45, 7) is 5.32. The molecule has 0 fully saturated rings. The molecule has 0 unspecified atom stereocenters. The van der Waals surface area contributed by atoms with Crippen LogP contribution in [0.15, 0.2) is 54.6 Å². The summed E-state index contributed by atoms with van der Waals surface area (Å²) in [7, 11) is -1.86. The first-order valence-electron chi connectivity index (χ1n) is 7.24. The Morgan fingerprint density at radius 2 is 1.43 bits per heavy atom. The van der Waals surface area contributed by atoms with Gasteiger partial charge in [-0.25, -0.2) is 0 Å². The van der Waals surface area contributed by atoms with Crippen molar-refractivity contribution >= 4 is 14.5 Å². The Labute approximate surface area is 128 Å². The van der Waals surface area contributed by atoms with E-state index in [1.807, 2.05) is 62.4 Å². The smallest absolute Gasteiger partial charge is 0.357 e. The highest BCUT2D eigenvalue weighted by atomic mass is 28.3. The topological polar surface area (TPSA) is 18.5 Å². The van der Waals surface area contributed by atoms with Crippen molar-refractivity contribution < 1.29 is 8.85 Å². The third-order valence-electron chi connectivity index (χ3n) is 2.97. The standard InChI is InChI=1S/C18H20O2Si/c1-3-19-21(20-4-2)18-13-9-8-12-17(18)15-14-16-10-6-5-7-11-16/h5-13,21H,3-4H2,1-2H3. The maximum absolute atomic E-state index is 5.81. The normalized spacial score (nSPS) is 10.2. The first-order chi connectivity index (χ1) is 10.3. The van der Waals surface area contributed by atoms with E-state index in [0.29, 0.717) is 13.2 Å². The zero-order chi connectivity index (χ0) is 14.9. The van der Waals surface area contributed by atoms with Crippen LogP contribution in [0.5, 0.6) is 0 Å². The van der Waals surface area contributed by atoms with Crippen LogP contribution in [0.4, 0.5) is 0 Å². The molecule has 0 amide bonds. The lowest BCUT2D eigenvalue weighted by atomic mass is 10.2. The summed E-state index contributed by atoms with van der Waals surface area (Å²) in [6, 6.07) is 18.1. The molecule has 0 atom stereocenters. The summed E-state index contributed by atoms with van der Waals surface area (Å²) >= 11 is 0. The Morgan fingerprint density at radius 3 is 2.10 bits per heavy atom. The molecule has 108 valence electrons. The molecular weight excluding hydrogens is 276 g/mol. The van der Waals surface area contributed by atoms with E-state index in [4.69, 9.17) is 8.85 Å². The highest BCUT2D eigenvalue weighted by Crippen LogP contribution is 2.02. The molecule has 0 aliphatic carbocycles. The minimum atomic E-state index is -1.86. The molecular formula is C18H20O2Si. The molecule has 0 N–H and O–H groups in total. The van der Waals surface area contributed by atoms with E-state index in [0.717, 1.165) is 16.3 Å². The maximum atomic E-state index is 5.81. The summed E-state index contributed by atoms with van der Waals surface area (Å²) in [5.41, 5.74) is 2.01. The third-order valence-corrected chi connectivity index (χ3v) is 5.25. The van der Waals surface area contributed by atoms with Crippen LogP contribution in [0, 0.1) is 11.8 Å². The van der Waals surface area contributed by atoms with Crippen LogP contribution in [0.1, 0.15) is 25.0 Å². The molecule has 0 aliphatic rings. The Hall–Kier alpha value is -1.86. The predicted molar refractivity (Wildman–Crippen MR) is 88.9 cm³/mol. The van der Waals surface area contributed by atoms with Crippen molar-refractivity contribution in [2.45, 2.75) is 13.8 Å². The molecule has 0 saturated carbocycles. The second-order valence-corrected chi connectivity index (χ2v) is 6.40. The van der Waals surface area contributed by atoms with Crippen LogP contribution in [-0.4, -0.2) is 22.5 Å². The quantitative estimate of drug-likeness (QED) is 0.624. The molecule has 2 rings (SSSR count). The molecule has 2 aromatic carbocycles. The van der Waals surface area contributed by atoms with Gasteiger partial charge >= 0.3 is 9.28 Å². The van der Waals surface area contributed by atoms with Gasteiger partial charge in [0.15, 0.2) is 0 Å². The molecule has 0 saturated heterocycles. The van der Waals surface area contributed by atoms with Crippen molar-refractivity contribution in [1.29, 1.82) is 0 Å². The fourth-order valence-electron chi connectivity index (χ4n) is 2.01. The molecule has 0 spiro atoms. The van der Waals surface area contributed by atoms with Gasteiger partial charge < -0.3 is 8.85 Å². The van der Waals surface area contributed by atoms with E-state index in [9.17, 15) is 0 Å². The summed E-state index contributed by atoms with van der Waals surface area (Å²) < 4.78 is 11.6. The minimum Gasteiger partial charge on any atom is -0.394 e. The van der Waals surface area contributed by atoms with Gasteiger partial charge in [0.05, 0.1) is 0 Å². The summed E-state index contributed by atoms with van der Waals surface area (Å²) in [4.78, 5) is 0. The average molecular weight is 296 g/mol. The fourth-order valence-corrected chi connectivity index (χ4v) is 3.76. The number of rotatable bonds is 5. The van der Waals surface area contributed by atoms with Crippen molar-refractivity contribution in [1.82, 2.24) is 0 Å². The monoisotopic (exact) mass is 296 g/mol. The average Bonchev–Trinajstić information content (AvgIpc) is 2.54. The SMILES string of the molecule is CCO[SiH](OCC)c1ccccc1C#Cc1ccccc1. The summed E-state index contributed by atoms with van der Waals surface area (Å²) in [5, 5.41) is 1.12. The Balaban J connectivity index is 2.30. The van der Waals surface area contributed by atoms with Gasteiger partial charge in [-0.2, -0.15) is 0 Å². The second-order valence-electron chi connectivity index (χ2n) is 4.45. The first kappa shape index (κ1) is 15.5. The predicted octanol–water partition coefficient (Wildman–Crippen LogP) is 2.59. The van der Waals surface area contributed by atoms with E-state index in [1.165, 1.54) is 0 Å². The van der Waals surface area contributed by atoms with Crippen molar-refractivity contribution in [2.24, 2.45) is 0 Å². The molecule has 2 nitrogen and oxygen atoms in total. The van der Waals surface area contributed by atoms with Crippen LogP contribution < -0.4 is 5.19 Å². The third kappa shape index (κ3) is 4.57. The van der Waals surface area contributed by atoms with Gasteiger partial charge in [-0.3, -0.25) is 0 Å². The fraction of sp³-hybridized carbons (Fsp3) is 0.222. The lowest BCUT2D eigenvalue weighted by Crippen LogP contribution is -2.38. The van der Waals surface area contributed by atoms with Gasteiger partial charge in [0, 0.05) is 29.5 Å². The van der Waals surface area contributed by atoms with Gasteiger partial charge in [0.2, 0.25) is 0 Å². The van der Waals surface area contributed by atoms with Gasteiger partial charge in [-0.05, 0) is 32.0 Å². The number of hydrogen-bond acceptors (Lipinski definition) is 2. The highest BCUT2D eigenvalue weighted by molar-refractivity contribution is 6.62. The van der Waals surface area contributed by atoms with Crippen LogP contribution in [-0.2, 0) is 8.85 Å². The van der Waals surface area contributed by atoms with E-state index in [1.54, 1.807) is 0 Å². The van der Waals surface area contributed by atoms with Gasteiger partial charge in [-0.15, -0.1) is 0 Å². The van der Waals surface area contributed by atoms with Crippen LogP contribution in [0.2, 0.25) is 0 Å². The zero-order valence-corrected chi connectivity index (χ0v) is 13.7. The molecule has 21 heavy (non-hydrogen) atoms. The van der Waals surface area contributed by atoms with Crippen molar-refractivity contribution in [3.63, 3.8) is 0 Å². The molecule has 0 bridgehead atoms. The number of hydrogen-bond donors (Lipinski definition) is 0. The highest BCUT2D eigenvalue weighted by Gasteiger charge is 2.18. The number of benzene rings is 2. The molecule has 0 aromatic heterocycles. The van der Waals surface area contributed by atoms with E-state index >= 15 is 0 Å². The molecule has 0 aliphatic heterocycles. The Bertz CT molecular complexity index is 608. The van der Waals surface area contributed by atoms with Gasteiger partial charge in [0.1, 0.15) is 0 Å². The minimum absolute atomic E-state index is 0.664. The van der Waals surface area contributed by atoms with E-state index in [-0.39, 0.29) is 0 Å². The van der Waals surface area contributed by atoms with Gasteiger partial charge in [-0.1, -0.05) is 48.2 Å². The van der Waals surface area contributed by atoms with E-state index in [2.05, 4.69) is 17.9 Å². The van der Waals surface area contributed by atoms with Gasteiger partial charge in [0.25, 0.3) is 0 Å². The molecule has 2 aromatic rings. The lowest BCUT2D eigenvalue weighted by molar-refractivity contribution is 0.225. The summed E-state index contributed by atoms with van der Waals surface area (Å²) in [6.07, 6.45) is 0. The molecule has 3 heteroatoms. The van der Waals surface area contributed by atoms with Crippen LogP contribution in [0.3, 0.4) is 0 Å². The second kappa shape index (κ2) is 8.43. The Kier molecular flexibility index (Phi) is 6.23. The van der Waals surface area contributed by atoms with Crippen LogP contribution in [0.25, 0.3) is 0 Å². The van der Waals surface area contributed by atoms with Crippen molar-refractivity contribution in [3.05, 3.63) is 65.7 Å². The van der Waals surface area contributed by atoms with Crippen LogP contribution >= 0.6 is 0 Å². The summed E-state index contributed by atoms with van der Waals surface area (Å²) in [5.74, 6) is 6.45. The zero-order valence-electron chi connectivity index (χ0n) is 12.5. The van der Waals surface area contributed by atoms with Crippen molar-refractivity contribution in [2.75, 3.05) is 13.2 Å². The first-order valence-corrected chi connectivity index (χ1v) is 8.76. The maximum Gasteiger partial charge on any atom is 0.357 e. The molecule has 0 radical (unpaired) electrons. The van der Waals surface area contributed by atoms with E-state index < -0.39 is 9.28 Å². The van der Waals surface area contributed by atoms with Crippen molar-refractivity contribution in [3.8, 4) is 11.8 Å². The lowest BCUT2D eigenvalue weighted by Gasteiger charge is -2.16. The Morgan fingerprint density at radius 1 is 0.810 bits per heavy atom. The largest absolute Gasteiger partial charge is 0.394 e.